The van der Waals surface area contributed by atoms with Crippen molar-refractivity contribution in [2.75, 3.05) is 13.1 Å². The van der Waals surface area contributed by atoms with Gasteiger partial charge in [-0.25, -0.2) is 0 Å². The summed E-state index contributed by atoms with van der Waals surface area (Å²) in [5.41, 5.74) is 3.78. The first-order valence-corrected chi connectivity index (χ1v) is 9.52. The van der Waals surface area contributed by atoms with Crippen molar-refractivity contribution >= 4 is 44.4 Å². The Morgan fingerprint density at radius 1 is 1.08 bits per heavy atom. The number of H-pyrrole nitrogens is 1. The molecule has 0 radical (unpaired) electrons. The summed E-state index contributed by atoms with van der Waals surface area (Å²) >= 11 is 2.50. The van der Waals surface area contributed by atoms with Gasteiger partial charge in [0, 0.05) is 38.2 Å². The van der Waals surface area contributed by atoms with E-state index in [4.69, 9.17) is 5.26 Å². The normalized spacial score (nSPS) is 18.0. The minimum atomic E-state index is 0.185. The largest absolute Gasteiger partial charge is 0.355 e. The average Bonchev–Trinajstić information content (AvgIpc) is 2.95. The van der Waals surface area contributed by atoms with Crippen molar-refractivity contribution < 1.29 is 0 Å². The van der Waals surface area contributed by atoms with Crippen molar-refractivity contribution in [3.05, 3.63) is 48.0 Å². The molecule has 0 saturated carbocycles. The first-order chi connectivity index (χ1) is 11.7. The van der Waals surface area contributed by atoms with Crippen LogP contribution in [0.3, 0.4) is 0 Å². The zero-order valence-corrected chi connectivity index (χ0v) is 15.7. The van der Waals surface area contributed by atoms with Gasteiger partial charge in [-0.15, -0.1) is 0 Å². The Kier molecular flexibility index (Phi) is 4.23. The molecule has 3 aromatic rings. The van der Waals surface area contributed by atoms with Crippen molar-refractivity contribution in [2.24, 2.45) is 0 Å². The van der Waals surface area contributed by atoms with Crippen molar-refractivity contribution in [1.29, 1.82) is 5.26 Å². The first-order valence-electron chi connectivity index (χ1n) is 8.44. The molecule has 3 nitrogen and oxygen atoms in total. The van der Waals surface area contributed by atoms with E-state index in [1.807, 2.05) is 0 Å². The monoisotopic (exact) mass is 429 g/mol. The number of aromatic nitrogens is 1. The number of halogens is 1. The standard InChI is InChI=1S/C20H20IN3/c21-20(7-10-22)8-11-24(12-9-20)14-15-5-6-17-16-3-1-2-4-18(16)23-19(17)13-15/h1-6,13,23H,7-9,11-12,14H2. The summed E-state index contributed by atoms with van der Waals surface area (Å²) in [6.45, 7) is 3.15. The summed E-state index contributed by atoms with van der Waals surface area (Å²) in [4.78, 5) is 6.04. The maximum Gasteiger partial charge on any atom is 0.0635 e. The first kappa shape index (κ1) is 15.9. The van der Waals surface area contributed by atoms with E-state index >= 15 is 0 Å². The number of aromatic amines is 1. The number of nitrogens with one attached hydrogen (secondary N) is 1. The van der Waals surface area contributed by atoms with E-state index in [0.717, 1.165) is 32.5 Å². The van der Waals surface area contributed by atoms with Gasteiger partial charge in [-0.3, -0.25) is 4.90 Å². The van der Waals surface area contributed by atoms with Crippen LogP contribution in [-0.4, -0.2) is 26.4 Å². The molecule has 0 unspecified atom stereocenters. The molecule has 1 fully saturated rings. The summed E-state index contributed by atoms with van der Waals surface area (Å²) in [5, 5.41) is 11.6. The van der Waals surface area contributed by atoms with E-state index < -0.39 is 0 Å². The molecule has 1 aromatic heterocycles. The van der Waals surface area contributed by atoms with Crippen LogP contribution in [0.15, 0.2) is 42.5 Å². The van der Waals surface area contributed by atoms with Gasteiger partial charge in [-0.2, -0.15) is 5.26 Å². The van der Waals surface area contributed by atoms with Crippen LogP contribution in [0.1, 0.15) is 24.8 Å². The van der Waals surface area contributed by atoms with Gasteiger partial charge in [0.2, 0.25) is 0 Å². The van der Waals surface area contributed by atoms with E-state index in [1.54, 1.807) is 0 Å². The lowest BCUT2D eigenvalue weighted by molar-refractivity contribution is 0.199. The van der Waals surface area contributed by atoms with Crippen LogP contribution >= 0.6 is 22.6 Å². The Balaban J connectivity index is 1.51. The van der Waals surface area contributed by atoms with Crippen LogP contribution in [-0.2, 0) is 6.54 Å². The number of nitrogens with zero attached hydrogens (tertiary/aromatic N) is 2. The van der Waals surface area contributed by atoms with Gasteiger partial charge in [0.25, 0.3) is 0 Å². The van der Waals surface area contributed by atoms with Crippen molar-refractivity contribution in [1.82, 2.24) is 9.88 Å². The summed E-state index contributed by atoms with van der Waals surface area (Å²) < 4.78 is 0.185. The number of nitriles is 1. The number of hydrogen-bond acceptors (Lipinski definition) is 2. The molecule has 0 spiro atoms. The number of likely N-dealkylation sites (tertiary alicyclic amines) is 1. The molecule has 4 heteroatoms. The number of benzene rings is 2. The summed E-state index contributed by atoms with van der Waals surface area (Å²) in [6, 6.07) is 17.6. The third-order valence-corrected chi connectivity index (χ3v) is 6.58. The highest BCUT2D eigenvalue weighted by molar-refractivity contribution is 14.1. The summed E-state index contributed by atoms with van der Waals surface area (Å²) in [6.07, 6.45) is 2.88. The predicted molar refractivity (Wildman–Crippen MR) is 107 cm³/mol. The Labute approximate surface area is 155 Å². The fourth-order valence-electron chi connectivity index (χ4n) is 3.69. The number of para-hydroxylation sites is 1. The average molecular weight is 429 g/mol. The topological polar surface area (TPSA) is 42.8 Å². The zero-order chi connectivity index (χ0) is 16.6. The lowest BCUT2D eigenvalue weighted by Crippen LogP contribution is -2.40. The SMILES string of the molecule is N#CCC1(I)CCN(Cc2ccc3c(c2)[nH]c2ccccc23)CC1. The Morgan fingerprint density at radius 2 is 1.83 bits per heavy atom. The number of rotatable bonds is 3. The van der Waals surface area contributed by atoms with Crippen molar-refractivity contribution in [2.45, 2.75) is 29.2 Å². The summed E-state index contributed by atoms with van der Waals surface area (Å²) in [5.74, 6) is 0. The van der Waals surface area contributed by atoms with Crippen molar-refractivity contribution in [3.8, 4) is 6.07 Å². The maximum absolute atomic E-state index is 8.97. The highest BCUT2D eigenvalue weighted by Gasteiger charge is 2.31. The number of piperidine rings is 1. The van der Waals surface area contributed by atoms with E-state index in [0.29, 0.717) is 6.42 Å². The molecule has 4 rings (SSSR count). The van der Waals surface area contributed by atoms with E-state index in [1.165, 1.54) is 27.4 Å². The molecule has 24 heavy (non-hydrogen) atoms. The van der Waals surface area contributed by atoms with Crippen LogP contribution in [0.25, 0.3) is 21.8 Å². The van der Waals surface area contributed by atoms with Crippen LogP contribution in [0, 0.1) is 11.3 Å². The van der Waals surface area contributed by atoms with Crippen LogP contribution in [0.2, 0.25) is 0 Å². The van der Waals surface area contributed by atoms with Gasteiger partial charge >= 0.3 is 0 Å². The lowest BCUT2D eigenvalue weighted by Gasteiger charge is -2.36. The molecule has 0 bridgehead atoms. The molecule has 2 heterocycles. The van der Waals surface area contributed by atoms with Crippen LogP contribution in [0.4, 0.5) is 0 Å². The van der Waals surface area contributed by atoms with Gasteiger partial charge < -0.3 is 4.98 Å². The molecular weight excluding hydrogens is 409 g/mol. The Hall–Kier alpha value is -1.58. The van der Waals surface area contributed by atoms with Crippen molar-refractivity contribution in [3.63, 3.8) is 0 Å². The Morgan fingerprint density at radius 3 is 2.62 bits per heavy atom. The number of hydrogen-bond donors (Lipinski definition) is 1. The molecule has 1 aliphatic heterocycles. The molecule has 1 N–H and O–H groups in total. The third kappa shape index (κ3) is 3.03. The second kappa shape index (κ2) is 6.38. The van der Waals surface area contributed by atoms with Crippen LogP contribution < -0.4 is 0 Å². The molecule has 0 aliphatic carbocycles. The zero-order valence-electron chi connectivity index (χ0n) is 13.6. The lowest BCUT2D eigenvalue weighted by atomic mass is 9.93. The van der Waals surface area contributed by atoms with E-state index in [-0.39, 0.29) is 3.42 Å². The van der Waals surface area contributed by atoms with Gasteiger partial charge in [0.15, 0.2) is 0 Å². The highest BCUT2D eigenvalue weighted by atomic mass is 127. The molecule has 2 aromatic carbocycles. The number of fused-ring (bicyclic) bond motifs is 3. The number of alkyl halides is 1. The smallest absolute Gasteiger partial charge is 0.0635 e. The van der Waals surface area contributed by atoms with E-state index in [9.17, 15) is 0 Å². The minimum absolute atomic E-state index is 0.185. The van der Waals surface area contributed by atoms with E-state index in [2.05, 4.69) is 81.0 Å². The molecule has 1 saturated heterocycles. The van der Waals surface area contributed by atoms with Gasteiger partial charge in [-0.1, -0.05) is 52.9 Å². The minimum Gasteiger partial charge on any atom is -0.355 e. The maximum atomic E-state index is 8.97. The predicted octanol–water partition coefficient (Wildman–Crippen LogP) is 5.00. The third-order valence-electron chi connectivity index (χ3n) is 5.12. The van der Waals surface area contributed by atoms with Gasteiger partial charge in [0.1, 0.15) is 0 Å². The molecule has 0 amide bonds. The Bertz CT molecular complexity index is 913. The molecule has 1 aliphatic rings. The van der Waals surface area contributed by atoms with Gasteiger partial charge in [-0.05, 0) is 43.6 Å². The molecule has 0 atom stereocenters. The second-order valence-corrected chi connectivity index (χ2v) is 9.10. The van der Waals surface area contributed by atoms with Crippen LogP contribution in [0.5, 0.6) is 0 Å². The molecular formula is C20H20IN3. The fraction of sp³-hybridized carbons (Fsp3) is 0.350. The highest BCUT2D eigenvalue weighted by Crippen LogP contribution is 2.35. The fourth-order valence-corrected chi connectivity index (χ4v) is 4.34. The van der Waals surface area contributed by atoms with Gasteiger partial charge in [0.05, 0.1) is 6.07 Å². The quantitative estimate of drug-likeness (QED) is 0.470. The molecule has 122 valence electrons. The second-order valence-electron chi connectivity index (χ2n) is 6.81. The summed E-state index contributed by atoms with van der Waals surface area (Å²) in [7, 11) is 0.